The Labute approximate surface area is 187 Å². The third-order valence-electron chi connectivity index (χ3n) is 5.29. The van der Waals surface area contributed by atoms with Gasteiger partial charge in [0.05, 0.1) is 28.5 Å². The number of para-hydroxylation sites is 1. The lowest BCUT2D eigenvalue weighted by atomic mass is 9.99. The SMILES string of the molecule is CC[C@H](NC(=O)c1c(NSC)c(-c2ccccc2)nc2ccccc12)c1ccccc1. The van der Waals surface area contributed by atoms with Crippen molar-refractivity contribution in [1.82, 2.24) is 10.3 Å². The number of carbonyl (C=O) groups is 1. The Kier molecular flexibility index (Phi) is 6.53. The number of benzene rings is 3. The first-order valence-corrected chi connectivity index (χ1v) is 11.6. The van der Waals surface area contributed by atoms with Crippen molar-refractivity contribution >= 4 is 34.4 Å². The normalized spacial score (nSPS) is 11.8. The van der Waals surface area contributed by atoms with Crippen LogP contribution in [0.5, 0.6) is 0 Å². The number of amides is 1. The number of rotatable bonds is 7. The maximum Gasteiger partial charge on any atom is 0.254 e. The molecule has 0 aliphatic rings. The van der Waals surface area contributed by atoms with Gasteiger partial charge in [-0.15, -0.1) is 0 Å². The fourth-order valence-electron chi connectivity index (χ4n) is 3.79. The van der Waals surface area contributed by atoms with Crippen LogP contribution in [0.1, 0.15) is 35.3 Å². The zero-order chi connectivity index (χ0) is 21.6. The molecule has 3 aromatic carbocycles. The van der Waals surface area contributed by atoms with Crippen molar-refractivity contribution in [3.8, 4) is 11.3 Å². The van der Waals surface area contributed by atoms with Crippen LogP contribution in [-0.4, -0.2) is 17.1 Å². The minimum absolute atomic E-state index is 0.0667. The van der Waals surface area contributed by atoms with Crippen LogP contribution in [0.3, 0.4) is 0 Å². The highest BCUT2D eigenvalue weighted by Crippen LogP contribution is 2.36. The van der Waals surface area contributed by atoms with E-state index in [1.54, 1.807) is 0 Å². The summed E-state index contributed by atoms with van der Waals surface area (Å²) in [7, 11) is 0. The van der Waals surface area contributed by atoms with Crippen LogP contribution in [0.4, 0.5) is 5.69 Å². The Morgan fingerprint density at radius 3 is 2.26 bits per heavy atom. The lowest BCUT2D eigenvalue weighted by molar-refractivity contribution is 0.0938. The molecule has 1 amide bonds. The molecule has 4 rings (SSSR count). The number of nitrogens with one attached hydrogen (secondary N) is 2. The summed E-state index contributed by atoms with van der Waals surface area (Å²) in [5.41, 5.74) is 4.98. The first-order valence-electron chi connectivity index (χ1n) is 10.4. The third-order valence-corrected chi connectivity index (χ3v) is 5.69. The summed E-state index contributed by atoms with van der Waals surface area (Å²) in [6.07, 6.45) is 2.75. The lowest BCUT2D eigenvalue weighted by Gasteiger charge is -2.21. The van der Waals surface area contributed by atoms with E-state index in [1.807, 2.05) is 79.1 Å². The smallest absolute Gasteiger partial charge is 0.254 e. The Hall–Kier alpha value is -3.31. The summed E-state index contributed by atoms with van der Waals surface area (Å²) in [5.74, 6) is -0.108. The van der Waals surface area contributed by atoms with Crippen LogP contribution in [0.15, 0.2) is 84.9 Å². The van der Waals surface area contributed by atoms with Crippen molar-refractivity contribution < 1.29 is 4.79 Å². The molecule has 0 radical (unpaired) electrons. The zero-order valence-corrected chi connectivity index (χ0v) is 18.4. The predicted octanol–water partition coefficient (Wildman–Crippen LogP) is 6.47. The monoisotopic (exact) mass is 427 g/mol. The van der Waals surface area contributed by atoms with Crippen LogP contribution < -0.4 is 10.0 Å². The molecule has 0 spiro atoms. The second-order valence-electron chi connectivity index (χ2n) is 7.24. The van der Waals surface area contributed by atoms with Crippen molar-refractivity contribution in [2.45, 2.75) is 19.4 Å². The van der Waals surface area contributed by atoms with E-state index in [4.69, 9.17) is 4.98 Å². The van der Waals surface area contributed by atoms with Gasteiger partial charge in [-0.05, 0) is 18.1 Å². The van der Waals surface area contributed by atoms with Gasteiger partial charge in [0.2, 0.25) is 0 Å². The van der Waals surface area contributed by atoms with Gasteiger partial charge in [-0.25, -0.2) is 4.98 Å². The van der Waals surface area contributed by atoms with E-state index in [9.17, 15) is 4.79 Å². The molecule has 0 fully saturated rings. The highest BCUT2D eigenvalue weighted by atomic mass is 32.2. The summed E-state index contributed by atoms with van der Waals surface area (Å²) < 4.78 is 3.34. The molecule has 0 unspecified atom stereocenters. The topological polar surface area (TPSA) is 54.0 Å². The summed E-state index contributed by atoms with van der Waals surface area (Å²) in [6.45, 7) is 2.08. The average molecular weight is 428 g/mol. The zero-order valence-electron chi connectivity index (χ0n) is 17.6. The minimum Gasteiger partial charge on any atom is -0.345 e. The minimum atomic E-state index is -0.108. The van der Waals surface area contributed by atoms with Gasteiger partial charge in [-0.3, -0.25) is 4.79 Å². The van der Waals surface area contributed by atoms with Crippen LogP contribution >= 0.6 is 11.9 Å². The van der Waals surface area contributed by atoms with Crippen LogP contribution in [0.25, 0.3) is 22.2 Å². The van der Waals surface area contributed by atoms with E-state index in [0.29, 0.717) is 5.56 Å². The number of anilines is 1. The average Bonchev–Trinajstić information content (AvgIpc) is 2.83. The molecule has 4 aromatic rings. The highest BCUT2D eigenvalue weighted by molar-refractivity contribution is 7.99. The molecule has 5 heteroatoms. The molecule has 0 aliphatic carbocycles. The van der Waals surface area contributed by atoms with E-state index in [2.05, 4.69) is 29.1 Å². The number of carbonyl (C=O) groups excluding carboxylic acids is 1. The predicted molar refractivity (Wildman–Crippen MR) is 131 cm³/mol. The fourth-order valence-corrected chi connectivity index (χ4v) is 4.19. The number of hydrogen-bond donors (Lipinski definition) is 2. The number of hydrogen-bond acceptors (Lipinski definition) is 4. The molecule has 0 saturated heterocycles. The largest absolute Gasteiger partial charge is 0.345 e. The number of fused-ring (bicyclic) bond motifs is 1. The second-order valence-corrected chi connectivity index (χ2v) is 7.86. The fraction of sp³-hybridized carbons (Fsp3) is 0.154. The van der Waals surface area contributed by atoms with Gasteiger partial charge in [0.1, 0.15) is 0 Å². The van der Waals surface area contributed by atoms with Gasteiger partial charge in [0.25, 0.3) is 5.91 Å². The summed E-state index contributed by atoms with van der Waals surface area (Å²) in [5, 5.41) is 4.09. The summed E-state index contributed by atoms with van der Waals surface area (Å²) in [6, 6.07) is 27.8. The lowest BCUT2D eigenvalue weighted by Crippen LogP contribution is -2.29. The first-order chi connectivity index (χ1) is 15.2. The van der Waals surface area contributed by atoms with Crippen molar-refractivity contribution in [1.29, 1.82) is 0 Å². The van der Waals surface area contributed by atoms with E-state index in [1.165, 1.54) is 11.9 Å². The Morgan fingerprint density at radius 2 is 1.58 bits per heavy atom. The van der Waals surface area contributed by atoms with Crippen LogP contribution in [0.2, 0.25) is 0 Å². The molecule has 1 aromatic heterocycles. The van der Waals surface area contributed by atoms with Crippen molar-refractivity contribution in [2.24, 2.45) is 0 Å². The summed E-state index contributed by atoms with van der Waals surface area (Å²) >= 11 is 1.45. The van der Waals surface area contributed by atoms with Gasteiger partial charge in [-0.2, -0.15) is 0 Å². The van der Waals surface area contributed by atoms with Crippen molar-refractivity contribution in [3.05, 3.63) is 96.1 Å². The summed E-state index contributed by atoms with van der Waals surface area (Å²) in [4.78, 5) is 18.6. The quantitative estimate of drug-likeness (QED) is 0.332. The molecule has 31 heavy (non-hydrogen) atoms. The molecule has 1 atom stereocenters. The van der Waals surface area contributed by atoms with Gasteiger partial charge in [-0.1, -0.05) is 97.7 Å². The van der Waals surface area contributed by atoms with Gasteiger partial charge in [0.15, 0.2) is 0 Å². The molecule has 0 saturated carbocycles. The molecule has 4 nitrogen and oxygen atoms in total. The Morgan fingerprint density at radius 1 is 0.935 bits per heavy atom. The van der Waals surface area contributed by atoms with E-state index >= 15 is 0 Å². The molecule has 0 aliphatic heterocycles. The van der Waals surface area contributed by atoms with Crippen molar-refractivity contribution in [3.63, 3.8) is 0 Å². The molecule has 156 valence electrons. The van der Waals surface area contributed by atoms with Crippen LogP contribution in [0, 0.1) is 0 Å². The maximum atomic E-state index is 13.7. The molecular weight excluding hydrogens is 402 g/mol. The maximum absolute atomic E-state index is 13.7. The van der Waals surface area contributed by atoms with E-state index in [-0.39, 0.29) is 11.9 Å². The third kappa shape index (κ3) is 4.42. The van der Waals surface area contributed by atoms with E-state index < -0.39 is 0 Å². The van der Waals surface area contributed by atoms with Gasteiger partial charge >= 0.3 is 0 Å². The van der Waals surface area contributed by atoms with Crippen LogP contribution in [-0.2, 0) is 0 Å². The van der Waals surface area contributed by atoms with Gasteiger partial charge in [0, 0.05) is 17.2 Å². The molecule has 2 N–H and O–H groups in total. The Bertz CT molecular complexity index is 1180. The Balaban J connectivity index is 1.87. The second kappa shape index (κ2) is 9.67. The number of pyridine rings is 1. The van der Waals surface area contributed by atoms with Crippen molar-refractivity contribution in [2.75, 3.05) is 11.0 Å². The molecular formula is C26H25N3OS. The highest BCUT2D eigenvalue weighted by Gasteiger charge is 2.23. The van der Waals surface area contributed by atoms with E-state index in [0.717, 1.165) is 39.8 Å². The standard InChI is InChI=1S/C26H25N3OS/c1-3-21(18-12-6-4-7-13-18)28-26(30)23-20-16-10-11-17-22(20)27-24(25(23)29-31-2)19-14-8-5-9-15-19/h4-17,21,29H,3H2,1-2H3,(H,28,30)/t21-/m0/s1. The first kappa shape index (κ1) is 20.9. The molecule has 0 bridgehead atoms. The number of nitrogens with zero attached hydrogens (tertiary/aromatic N) is 1. The molecule has 1 heterocycles. The number of aromatic nitrogens is 1. The van der Waals surface area contributed by atoms with Gasteiger partial charge < -0.3 is 10.0 Å².